The van der Waals surface area contributed by atoms with E-state index >= 15 is 0 Å². The number of nitrogens with zero attached hydrogens (tertiary/aromatic N) is 1. The minimum Gasteiger partial charge on any atom is -0.462 e. The van der Waals surface area contributed by atoms with Crippen LogP contribution in [0, 0.1) is 0 Å². The summed E-state index contributed by atoms with van der Waals surface area (Å²) in [7, 11) is 1.38. The molecule has 1 aliphatic rings. The van der Waals surface area contributed by atoms with Gasteiger partial charge in [0.1, 0.15) is 19.8 Å². The molecule has 1 fully saturated rings. The average Bonchev–Trinajstić information content (AvgIpc) is 3.97. The standard InChI is InChI=1S/C50H80NO9P/c1-6-8-10-11-12-13-14-15-16-17-18-19-20-21-22-26-29-32-36-40-49(52)56-44-46(45-58-61(54,55)57-43-42-51(3,4)5)59-50(53)41-37-33-30-27-24-23-25-28-31-35-39-48-47(60-48)38-34-9-7-2/h8,10,12-13,15-16,18-19,21-23,25,27,29-32,35,46-48H,6-7,9,11,14,17,20,24,26,28,33-34,36-45H2,1-5H3/p+1/b10-8-,13-12-,16-15-,19-18-,22-21-,25-23-,30-27-,32-29-,35-31-/t46-,47?,48?/m1/s1. The van der Waals surface area contributed by atoms with Gasteiger partial charge in [-0.1, -0.05) is 142 Å². The molecule has 0 bridgehead atoms. The fourth-order valence-corrected chi connectivity index (χ4v) is 6.34. The van der Waals surface area contributed by atoms with Crippen LogP contribution in [0.4, 0.5) is 0 Å². The highest BCUT2D eigenvalue weighted by molar-refractivity contribution is 7.47. The molecular formula is C50H81NO9P+. The van der Waals surface area contributed by atoms with Gasteiger partial charge in [-0.05, 0) is 83.5 Å². The van der Waals surface area contributed by atoms with E-state index < -0.39 is 32.5 Å². The van der Waals surface area contributed by atoms with Gasteiger partial charge in [-0.3, -0.25) is 18.6 Å². The summed E-state index contributed by atoms with van der Waals surface area (Å²) in [6.45, 7) is 4.09. The van der Waals surface area contributed by atoms with Gasteiger partial charge in [0.2, 0.25) is 0 Å². The number of carbonyl (C=O) groups excluding carboxylic acids is 2. The first-order valence-corrected chi connectivity index (χ1v) is 24.2. The number of phosphoric ester groups is 1. The molecule has 1 aliphatic heterocycles. The summed E-state index contributed by atoms with van der Waals surface area (Å²) in [5.41, 5.74) is 0. The van der Waals surface area contributed by atoms with Gasteiger partial charge in [0.15, 0.2) is 6.10 Å². The Kier molecular flexibility index (Phi) is 33.9. The van der Waals surface area contributed by atoms with Gasteiger partial charge in [0, 0.05) is 12.8 Å². The molecule has 3 unspecified atom stereocenters. The third-order valence-corrected chi connectivity index (χ3v) is 10.2. The molecule has 1 rings (SSSR count). The van der Waals surface area contributed by atoms with Gasteiger partial charge in [-0.25, -0.2) is 4.57 Å². The summed E-state index contributed by atoms with van der Waals surface area (Å²) in [5.74, 6) is -0.980. The van der Waals surface area contributed by atoms with Gasteiger partial charge in [0.05, 0.1) is 40.0 Å². The molecule has 10 nitrogen and oxygen atoms in total. The van der Waals surface area contributed by atoms with E-state index in [0.717, 1.165) is 57.8 Å². The minimum absolute atomic E-state index is 0.00153. The van der Waals surface area contributed by atoms with Crippen molar-refractivity contribution in [2.24, 2.45) is 0 Å². The lowest BCUT2D eigenvalue weighted by Crippen LogP contribution is -2.37. The molecule has 61 heavy (non-hydrogen) atoms. The Morgan fingerprint density at radius 2 is 1.15 bits per heavy atom. The lowest BCUT2D eigenvalue weighted by atomic mass is 10.1. The number of likely N-dealkylation sites (N-methyl/N-ethyl adjacent to an activating group) is 1. The van der Waals surface area contributed by atoms with E-state index in [9.17, 15) is 19.0 Å². The normalized spacial score (nSPS) is 17.9. The Bertz CT molecular complexity index is 1470. The second-order valence-corrected chi connectivity index (χ2v) is 17.5. The first-order chi connectivity index (χ1) is 29.5. The minimum atomic E-state index is -4.42. The zero-order valence-corrected chi connectivity index (χ0v) is 39.2. The van der Waals surface area contributed by atoms with Gasteiger partial charge < -0.3 is 23.6 Å². The predicted octanol–water partition coefficient (Wildman–Crippen LogP) is 12.1. The van der Waals surface area contributed by atoms with Gasteiger partial charge in [0.25, 0.3) is 0 Å². The molecule has 344 valence electrons. The molecule has 0 radical (unpaired) electrons. The molecule has 1 heterocycles. The van der Waals surface area contributed by atoms with E-state index in [1.165, 1.54) is 25.7 Å². The maximum Gasteiger partial charge on any atom is 0.472 e. The molecule has 11 heteroatoms. The number of carbonyl (C=O) groups is 2. The molecule has 1 N–H and O–H groups in total. The predicted molar refractivity (Wildman–Crippen MR) is 251 cm³/mol. The van der Waals surface area contributed by atoms with Gasteiger partial charge in [-0.2, -0.15) is 0 Å². The number of phosphoric acid groups is 1. The fourth-order valence-electron chi connectivity index (χ4n) is 5.59. The molecule has 0 aromatic carbocycles. The maximum atomic E-state index is 12.7. The zero-order valence-electron chi connectivity index (χ0n) is 38.3. The first-order valence-electron chi connectivity index (χ1n) is 22.7. The summed E-state index contributed by atoms with van der Waals surface area (Å²) in [6, 6.07) is 0. The Balaban J connectivity index is 2.37. The summed E-state index contributed by atoms with van der Waals surface area (Å²) in [6.07, 6.45) is 53.4. The van der Waals surface area contributed by atoms with Crippen LogP contribution in [0.25, 0.3) is 0 Å². The molecule has 0 aromatic rings. The van der Waals surface area contributed by atoms with Gasteiger partial charge >= 0.3 is 19.8 Å². The van der Waals surface area contributed by atoms with Crippen molar-refractivity contribution in [1.82, 2.24) is 0 Å². The molecular weight excluding hydrogens is 790 g/mol. The highest BCUT2D eigenvalue weighted by Gasteiger charge is 2.36. The van der Waals surface area contributed by atoms with Crippen molar-refractivity contribution >= 4 is 19.8 Å². The van der Waals surface area contributed by atoms with Crippen LogP contribution in [-0.2, 0) is 37.4 Å². The number of rotatable bonds is 38. The Labute approximate surface area is 370 Å². The number of esters is 2. The summed E-state index contributed by atoms with van der Waals surface area (Å²) >= 11 is 0. The van der Waals surface area contributed by atoms with E-state index in [2.05, 4.69) is 105 Å². The van der Waals surface area contributed by atoms with Crippen molar-refractivity contribution in [2.45, 2.75) is 148 Å². The topological polar surface area (TPSA) is 121 Å². The third-order valence-electron chi connectivity index (χ3n) is 9.22. The fraction of sp³-hybridized carbons (Fsp3) is 0.600. The highest BCUT2D eigenvalue weighted by atomic mass is 31.2. The number of ether oxygens (including phenoxy) is 3. The van der Waals surface area contributed by atoms with Crippen LogP contribution < -0.4 is 0 Å². The number of quaternary nitrogens is 1. The van der Waals surface area contributed by atoms with E-state index in [4.69, 9.17) is 23.3 Å². The summed E-state index contributed by atoms with van der Waals surface area (Å²) in [5, 5.41) is 0. The Morgan fingerprint density at radius 1 is 0.623 bits per heavy atom. The van der Waals surface area contributed by atoms with Crippen LogP contribution in [0.3, 0.4) is 0 Å². The number of hydrogen-bond donors (Lipinski definition) is 1. The van der Waals surface area contributed by atoms with E-state index in [0.29, 0.717) is 42.5 Å². The molecule has 0 saturated carbocycles. The zero-order chi connectivity index (χ0) is 44.7. The van der Waals surface area contributed by atoms with E-state index in [1.807, 2.05) is 39.4 Å². The average molecular weight is 871 g/mol. The second kappa shape index (κ2) is 37.2. The van der Waals surface area contributed by atoms with Crippen LogP contribution in [0.15, 0.2) is 109 Å². The molecule has 0 amide bonds. The van der Waals surface area contributed by atoms with E-state index in [1.54, 1.807) is 0 Å². The van der Waals surface area contributed by atoms with Crippen molar-refractivity contribution in [3.8, 4) is 0 Å². The van der Waals surface area contributed by atoms with E-state index in [-0.39, 0.29) is 26.1 Å². The number of hydrogen-bond acceptors (Lipinski definition) is 8. The van der Waals surface area contributed by atoms with Crippen molar-refractivity contribution < 1.29 is 46.8 Å². The van der Waals surface area contributed by atoms with Crippen LogP contribution in [-0.4, -0.2) is 87.1 Å². The summed E-state index contributed by atoms with van der Waals surface area (Å²) in [4.78, 5) is 35.4. The quantitative estimate of drug-likeness (QED) is 0.0161. The largest absolute Gasteiger partial charge is 0.472 e. The van der Waals surface area contributed by atoms with Crippen molar-refractivity contribution in [3.63, 3.8) is 0 Å². The number of epoxide rings is 1. The Hall–Kier alpha value is -3.37. The van der Waals surface area contributed by atoms with Gasteiger partial charge in [-0.15, -0.1) is 0 Å². The summed E-state index contributed by atoms with van der Waals surface area (Å²) < 4.78 is 39.9. The Morgan fingerprint density at radius 3 is 1.69 bits per heavy atom. The van der Waals surface area contributed by atoms with Crippen LogP contribution in [0.2, 0.25) is 0 Å². The lowest BCUT2D eigenvalue weighted by Gasteiger charge is -2.24. The molecule has 1 saturated heterocycles. The SMILES string of the molecule is CC/C=C\C/C=C\C/C=C\C/C=C\C/C=C\C/C=C\CCC(=O)OC[C@H](COP(=O)(O)OCC[N+](C)(C)C)OC(=O)CCC/C=C\C/C=C\C/C=C\CC1OC1CCCCC. The first kappa shape index (κ1) is 55.6. The van der Waals surface area contributed by atoms with Crippen molar-refractivity contribution in [3.05, 3.63) is 109 Å². The van der Waals surface area contributed by atoms with Crippen LogP contribution >= 0.6 is 7.82 Å². The van der Waals surface area contributed by atoms with Crippen molar-refractivity contribution in [1.29, 1.82) is 0 Å². The molecule has 0 aromatic heterocycles. The maximum absolute atomic E-state index is 12.7. The third kappa shape index (κ3) is 38.1. The van der Waals surface area contributed by atoms with Crippen LogP contribution in [0.5, 0.6) is 0 Å². The lowest BCUT2D eigenvalue weighted by molar-refractivity contribution is -0.870. The van der Waals surface area contributed by atoms with Crippen molar-refractivity contribution in [2.75, 3.05) is 47.5 Å². The smallest absolute Gasteiger partial charge is 0.462 e. The molecule has 0 aliphatic carbocycles. The van der Waals surface area contributed by atoms with Crippen LogP contribution in [0.1, 0.15) is 129 Å². The molecule has 0 spiro atoms. The molecule has 4 atom stereocenters. The number of allylic oxidation sites excluding steroid dienone is 17. The number of unbranched alkanes of at least 4 members (excludes halogenated alkanes) is 3. The highest BCUT2D eigenvalue weighted by Crippen LogP contribution is 2.43. The second-order valence-electron chi connectivity index (χ2n) is 16.1. The monoisotopic (exact) mass is 871 g/mol.